The number of aromatic nitrogens is 8. The van der Waals surface area contributed by atoms with E-state index in [0.29, 0.717) is 48.5 Å². The van der Waals surface area contributed by atoms with Gasteiger partial charge in [0.15, 0.2) is 0 Å². The number of alkyl halides is 4. The topological polar surface area (TPSA) is 213 Å². The van der Waals surface area contributed by atoms with Gasteiger partial charge >= 0.3 is 12.9 Å². The Kier molecular flexibility index (Phi) is 14.4. The molecular weight excluding hydrogens is 907 g/mol. The number of nitrogens with one attached hydrogen (secondary N) is 1. The quantitative estimate of drug-likeness (QED) is 0.0862. The molecule has 2 aliphatic carbocycles. The van der Waals surface area contributed by atoms with E-state index in [9.17, 15) is 43.2 Å². The Morgan fingerprint density at radius 3 is 1.49 bits per heavy atom. The van der Waals surface area contributed by atoms with Gasteiger partial charge in [-0.05, 0) is 73.9 Å². The van der Waals surface area contributed by atoms with E-state index in [2.05, 4.69) is 45.1 Å². The second kappa shape index (κ2) is 19.8. The molecule has 2 aliphatic rings. The van der Waals surface area contributed by atoms with Crippen LogP contribution in [0.25, 0.3) is 22.9 Å². The number of likely N-dealkylation sites (N-methyl/N-ethyl adjacent to an activating group) is 1. The predicted octanol–water partition coefficient (Wildman–Crippen LogP) is 6.98. The van der Waals surface area contributed by atoms with Crippen molar-refractivity contribution < 1.29 is 52.0 Å². The molecule has 0 amide bonds. The van der Waals surface area contributed by atoms with E-state index in [1.807, 2.05) is 0 Å². The minimum Gasteiger partial charge on any atom is -0.415 e. The number of halogens is 6. The van der Waals surface area contributed by atoms with Gasteiger partial charge in [0.25, 0.3) is 23.6 Å². The highest BCUT2D eigenvalue weighted by molar-refractivity contribution is 7.90. The summed E-state index contributed by atoms with van der Waals surface area (Å²) >= 11 is 0. The van der Waals surface area contributed by atoms with Crippen LogP contribution >= 0.6 is 0 Å². The van der Waals surface area contributed by atoms with Crippen LogP contribution in [-0.2, 0) is 32.9 Å². The number of sulfonamides is 2. The van der Waals surface area contributed by atoms with Crippen molar-refractivity contribution in [3.63, 3.8) is 0 Å². The summed E-state index contributed by atoms with van der Waals surface area (Å²) in [5.41, 5.74) is 2.71. The largest absolute Gasteiger partial charge is 0.415 e. The van der Waals surface area contributed by atoms with E-state index in [-0.39, 0.29) is 54.1 Å². The third kappa shape index (κ3) is 12.0. The summed E-state index contributed by atoms with van der Waals surface area (Å²) in [6, 6.07) is 9.57. The zero-order chi connectivity index (χ0) is 46.6. The molecule has 2 unspecified atom stereocenters. The van der Waals surface area contributed by atoms with E-state index in [0.717, 1.165) is 11.1 Å². The molecule has 6 aromatic rings. The zero-order valence-electron chi connectivity index (χ0n) is 35.0. The molecule has 2 fully saturated rings. The van der Waals surface area contributed by atoms with Crippen LogP contribution in [0.3, 0.4) is 0 Å². The summed E-state index contributed by atoms with van der Waals surface area (Å²) in [7, 11) is -5.41. The first-order valence-corrected chi connectivity index (χ1v) is 23.2. The first-order chi connectivity index (χ1) is 30.9. The summed E-state index contributed by atoms with van der Waals surface area (Å²) in [6.07, 6.45) is 2.39. The van der Waals surface area contributed by atoms with Gasteiger partial charge in [0.2, 0.25) is 20.0 Å². The predicted molar refractivity (Wildman–Crippen MR) is 220 cm³/mol. The van der Waals surface area contributed by atoms with E-state index in [1.54, 1.807) is 38.1 Å². The molecular formula is C41H42F6N10O6S2. The van der Waals surface area contributed by atoms with Crippen LogP contribution in [0.2, 0.25) is 0 Å². The van der Waals surface area contributed by atoms with Crippen molar-refractivity contribution >= 4 is 20.0 Å². The Labute approximate surface area is 369 Å². The molecule has 4 aromatic heterocycles. The molecule has 16 nitrogen and oxygen atoms in total. The third-order valence-corrected chi connectivity index (χ3v) is 14.8. The Balaban J connectivity index is 0.000000194. The summed E-state index contributed by atoms with van der Waals surface area (Å²) in [5.74, 6) is -3.22. The monoisotopic (exact) mass is 948 g/mol. The Morgan fingerprint density at radius 2 is 1.09 bits per heavy atom. The highest BCUT2D eigenvalue weighted by atomic mass is 32.2. The standard InChI is InChI=1S/C21H22F3N5O3S.C20H20F3N5O3S/c1-12-3-6-16(17(22)7-12)13(11-29(2)33(30,31)15-4-5-15)8-18-25-9-14(10-26-18)20-27-28-21(32-20)19(23)24;1-11-2-5-15(16(21)6-11)12(10-26-32(29,30)14-3-4-14)7-17-24-8-13(9-25-17)19-27-28-20(31-19)18(22)23/h3,6-7,9-10,13,15,19H,4-5,8,11H2,1-2H3;2,5-6,8-9,12,14,18,26H,3-4,7,10H2,1H3. The van der Waals surface area contributed by atoms with Gasteiger partial charge in [-0.3, -0.25) is 0 Å². The third-order valence-electron chi connectivity index (χ3n) is 10.6. The fraction of sp³-hybridized carbons (Fsp3) is 0.415. The fourth-order valence-electron chi connectivity index (χ4n) is 6.70. The molecule has 65 heavy (non-hydrogen) atoms. The second-order valence-corrected chi connectivity index (χ2v) is 20.1. The summed E-state index contributed by atoms with van der Waals surface area (Å²) in [4.78, 5) is 16.8. The molecule has 2 aromatic carbocycles. The van der Waals surface area contributed by atoms with Gasteiger partial charge in [0.1, 0.15) is 23.3 Å². The summed E-state index contributed by atoms with van der Waals surface area (Å²) in [6.45, 7) is 3.58. The van der Waals surface area contributed by atoms with E-state index in [1.165, 1.54) is 48.3 Å². The average molecular weight is 949 g/mol. The highest BCUT2D eigenvalue weighted by Gasteiger charge is 2.40. The first-order valence-electron chi connectivity index (χ1n) is 20.2. The number of rotatable bonds is 18. The van der Waals surface area contributed by atoms with Gasteiger partial charge in [-0.1, -0.05) is 24.3 Å². The van der Waals surface area contributed by atoms with E-state index < -0.39 is 73.4 Å². The molecule has 24 heteroatoms. The van der Waals surface area contributed by atoms with Crippen molar-refractivity contribution in [1.82, 2.24) is 49.4 Å². The molecule has 0 aliphatic heterocycles. The van der Waals surface area contributed by atoms with Crippen molar-refractivity contribution in [3.05, 3.63) is 119 Å². The van der Waals surface area contributed by atoms with E-state index in [4.69, 9.17) is 8.83 Å². The SMILES string of the molecule is Cc1ccc(C(CNS(=O)(=O)C2CC2)Cc2ncc(-c3nnc(C(F)F)o3)cn2)c(F)c1.Cc1ccc(C(Cc2ncc(-c3nnc(C(F)F)o3)cn2)CN(C)S(=O)(=O)C2CC2)c(F)c1. The van der Waals surface area contributed by atoms with Gasteiger partial charge in [-0.25, -0.2) is 54.6 Å². The molecule has 0 radical (unpaired) electrons. The molecule has 0 saturated heterocycles. The Hall–Kier alpha value is -5.72. The summed E-state index contributed by atoms with van der Waals surface area (Å²) < 4.78 is 143. The lowest BCUT2D eigenvalue weighted by Gasteiger charge is -2.24. The van der Waals surface area contributed by atoms with Crippen molar-refractivity contribution in [3.8, 4) is 22.9 Å². The molecule has 0 spiro atoms. The van der Waals surface area contributed by atoms with Crippen molar-refractivity contribution in [2.75, 3.05) is 20.1 Å². The minimum absolute atomic E-state index is 0.00860. The zero-order valence-corrected chi connectivity index (χ0v) is 36.6. The normalized spacial score (nSPS) is 15.3. The van der Waals surface area contributed by atoms with Gasteiger partial charge in [-0.2, -0.15) is 17.6 Å². The lowest BCUT2D eigenvalue weighted by molar-refractivity contribution is 0.115. The molecule has 8 rings (SSSR count). The highest BCUT2D eigenvalue weighted by Crippen LogP contribution is 2.34. The summed E-state index contributed by atoms with van der Waals surface area (Å²) in [5, 5.41) is 12.8. The Morgan fingerprint density at radius 1 is 0.662 bits per heavy atom. The molecule has 346 valence electrons. The molecule has 2 saturated carbocycles. The van der Waals surface area contributed by atoms with Gasteiger partial charge < -0.3 is 8.83 Å². The average Bonchev–Trinajstić information content (AvgIpc) is 4.20. The number of benzene rings is 2. The van der Waals surface area contributed by atoms with Crippen LogP contribution in [0.4, 0.5) is 26.3 Å². The van der Waals surface area contributed by atoms with Crippen LogP contribution in [0, 0.1) is 25.5 Å². The maximum atomic E-state index is 14.8. The smallest absolute Gasteiger partial charge is 0.314 e. The van der Waals surface area contributed by atoms with Gasteiger partial charge in [0, 0.05) is 69.6 Å². The van der Waals surface area contributed by atoms with Crippen LogP contribution < -0.4 is 4.72 Å². The molecule has 1 N–H and O–H groups in total. The van der Waals surface area contributed by atoms with Crippen molar-refractivity contribution in [2.24, 2.45) is 0 Å². The fourth-order valence-corrected chi connectivity index (χ4v) is 9.75. The number of aryl methyl sites for hydroxylation is 2. The van der Waals surface area contributed by atoms with Crippen LogP contribution in [0.1, 0.15) is 96.1 Å². The maximum Gasteiger partial charge on any atom is 0.314 e. The second-order valence-electron chi connectivity index (χ2n) is 15.7. The number of hydrogen-bond acceptors (Lipinski definition) is 14. The van der Waals surface area contributed by atoms with Crippen LogP contribution in [0.5, 0.6) is 0 Å². The van der Waals surface area contributed by atoms with Crippen molar-refractivity contribution in [1.29, 1.82) is 0 Å². The molecule has 0 bridgehead atoms. The van der Waals surface area contributed by atoms with Crippen LogP contribution in [0.15, 0.2) is 70.0 Å². The van der Waals surface area contributed by atoms with Gasteiger partial charge in [-0.15, -0.1) is 20.4 Å². The maximum absolute atomic E-state index is 14.8. The number of hydrogen-bond donors (Lipinski definition) is 1. The number of nitrogens with zero attached hydrogens (tertiary/aromatic N) is 9. The lowest BCUT2D eigenvalue weighted by atomic mass is 9.93. The van der Waals surface area contributed by atoms with Crippen molar-refractivity contribution in [2.45, 2.75) is 87.6 Å². The first kappa shape index (κ1) is 47.2. The van der Waals surface area contributed by atoms with Crippen LogP contribution in [-0.4, -0.2) is 92.1 Å². The molecule has 4 heterocycles. The van der Waals surface area contributed by atoms with Gasteiger partial charge in [0.05, 0.1) is 21.6 Å². The Bertz CT molecular complexity index is 2810. The molecule has 2 atom stereocenters. The lowest BCUT2D eigenvalue weighted by Crippen LogP contribution is -2.34. The van der Waals surface area contributed by atoms with E-state index >= 15 is 0 Å². The minimum atomic E-state index is -3.45.